The Labute approximate surface area is 113 Å². The number of nitrogens with zero attached hydrogens (tertiary/aromatic N) is 1. The van der Waals surface area contributed by atoms with Crippen molar-refractivity contribution in [2.75, 3.05) is 7.11 Å². The van der Waals surface area contributed by atoms with Crippen molar-refractivity contribution in [3.63, 3.8) is 0 Å². The van der Waals surface area contributed by atoms with E-state index in [9.17, 15) is 14.4 Å². The maximum absolute atomic E-state index is 11.7. The van der Waals surface area contributed by atoms with Crippen LogP contribution in [0.25, 0.3) is 0 Å². The van der Waals surface area contributed by atoms with Gasteiger partial charge in [-0.25, -0.2) is 4.79 Å². The third-order valence-electron chi connectivity index (χ3n) is 2.33. The fourth-order valence-electron chi connectivity index (χ4n) is 1.39. The van der Waals surface area contributed by atoms with Gasteiger partial charge in [-0.2, -0.15) is 0 Å². The van der Waals surface area contributed by atoms with Gasteiger partial charge in [0.05, 0.1) is 0 Å². The van der Waals surface area contributed by atoms with Crippen molar-refractivity contribution in [3.8, 4) is 0 Å². The quantitative estimate of drug-likeness (QED) is 0.600. The Morgan fingerprint density at radius 2 is 2.15 bits per heavy atom. The maximum atomic E-state index is 11.7. The fourth-order valence-corrected chi connectivity index (χ4v) is 1.39. The van der Waals surface area contributed by atoms with Crippen molar-refractivity contribution in [3.05, 3.63) is 17.5 Å². The molecule has 1 amide bonds. The van der Waals surface area contributed by atoms with Crippen LogP contribution in [0.2, 0.25) is 0 Å². The first kappa shape index (κ1) is 15.6. The molecule has 0 radical (unpaired) electrons. The molecule has 0 saturated heterocycles. The van der Waals surface area contributed by atoms with Gasteiger partial charge in [-0.15, -0.1) is 0 Å². The molecule has 0 saturated carbocycles. The van der Waals surface area contributed by atoms with Gasteiger partial charge in [0, 0.05) is 19.6 Å². The molecule has 1 unspecified atom stereocenters. The number of aliphatic carboxylic acids is 2. The molecule has 3 N–H and O–H groups in total. The smallest absolute Gasteiger partial charge is 0.326 e. The molecule has 20 heavy (non-hydrogen) atoms. The van der Waals surface area contributed by atoms with E-state index in [1.165, 1.54) is 13.2 Å². The van der Waals surface area contributed by atoms with Crippen LogP contribution in [0.4, 0.5) is 0 Å². The van der Waals surface area contributed by atoms with Crippen molar-refractivity contribution >= 4 is 17.8 Å². The Morgan fingerprint density at radius 1 is 1.45 bits per heavy atom. The van der Waals surface area contributed by atoms with Crippen molar-refractivity contribution < 1.29 is 33.9 Å². The lowest BCUT2D eigenvalue weighted by Gasteiger charge is -2.11. The van der Waals surface area contributed by atoms with Gasteiger partial charge in [0.1, 0.15) is 12.6 Å². The first-order valence-corrected chi connectivity index (χ1v) is 5.64. The molecule has 110 valence electrons. The van der Waals surface area contributed by atoms with E-state index in [0.717, 1.165) is 0 Å². The number of rotatable bonds is 8. The van der Waals surface area contributed by atoms with Gasteiger partial charge in [0.15, 0.2) is 11.5 Å². The van der Waals surface area contributed by atoms with Crippen molar-refractivity contribution in [2.45, 2.75) is 25.5 Å². The van der Waals surface area contributed by atoms with E-state index in [1.54, 1.807) is 0 Å². The molecular formula is C11H14N2O7. The average Bonchev–Trinajstić information content (AvgIpc) is 2.82. The molecule has 0 aliphatic rings. The number of hydrogen-bond donors (Lipinski definition) is 3. The van der Waals surface area contributed by atoms with Crippen molar-refractivity contribution in [2.24, 2.45) is 0 Å². The summed E-state index contributed by atoms with van der Waals surface area (Å²) >= 11 is 0. The number of ether oxygens (including phenoxy) is 1. The lowest BCUT2D eigenvalue weighted by molar-refractivity contribution is -0.140. The zero-order valence-corrected chi connectivity index (χ0v) is 10.7. The lowest BCUT2D eigenvalue weighted by Crippen LogP contribution is -2.41. The van der Waals surface area contributed by atoms with E-state index in [2.05, 4.69) is 10.5 Å². The maximum Gasteiger partial charge on any atom is 0.326 e. The second-order valence-corrected chi connectivity index (χ2v) is 3.91. The second-order valence-electron chi connectivity index (χ2n) is 3.91. The van der Waals surface area contributed by atoms with Crippen LogP contribution in [0.5, 0.6) is 0 Å². The highest BCUT2D eigenvalue weighted by molar-refractivity contribution is 5.95. The zero-order valence-electron chi connectivity index (χ0n) is 10.7. The predicted octanol–water partition coefficient (Wildman–Crippen LogP) is -0.131. The largest absolute Gasteiger partial charge is 0.481 e. The van der Waals surface area contributed by atoms with Crippen LogP contribution in [0.15, 0.2) is 10.6 Å². The third kappa shape index (κ3) is 4.69. The Hall–Kier alpha value is -2.42. The molecule has 9 nitrogen and oxygen atoms in total. The zero-order chi connectivity index (χ0) is 15.1. The monoisotopic (exact) mass is 286 g/mol. The van der Waals surface area contributed by atoms with Crippen molar-refractivity contribution in [1.82, 2.24) is 10.5 Å². The van der Waals surface area contributed by atoms with Crippen LogP contribution in [0, 0.1) is 0 Å². The normalized spacial score (nSPS) is 11.8. The highest BCUT2D eigenvalue weighted by atomic mass is 16.5. The number of methoxy groups -OCH3 is 1. The molecule has 1 heterocycles. The van der Waals surface area contributed by atoms with Gasteiger partial charge in [0.2, 0.25) is 0 Å². The second kappa shape index (κ2) is 7.24. The summed E-state index contributed by atoms with van der Waals surface area (Å²) in [7, 11) is 1.44. The van der Waals surface area contributed by atoms with E-state index in [0.29, 0.717) is 5.76 Å². The first-order chi connectivity index (χ1) is 9.43. The molecule has 1 atom stereocenters. The summed E-state index contributed by atoms with van der Waals surface area (Å²) < 4.78 is 9.57. The Morgan fingerprint density at radius 3 is 2.70 bits per heavy atom. The van der Waals surface area contributed by atoms with Crippen LogP contribution in [-0.4, -0.2) is 46.4 Å². The molecule has 9 heteroatoms. The minimum absolute atomic E-state index is 0.0985. The van der Waals surface area contributed by atoms with Gasteiger partial charge in [-0.3, -0.25) is 9.59 Å². The summed E-state index contributed by atoms with van der Waals surface area (Å²) in [6, 6.07) is 0.00996. The molecule has 1 rings (SSSR count). The number of carbonyl (C=O) groups excluding carboxylic acids is 1. The number of carboxylic acid groups (broad SMARTS) is 2. The minimum atomic E-state index is -1.32. The SMILES string of the molecule is COCc1cc(C(=O)NC(CCC(=O)O)C(=O)O)no1. The molecule has 0 fully saturated rings. The molecule has 0 bridgehead atoms. The summed E-state index contributed by atoms with van der Waals surface area (Å²) in [5, 5.41) is 23.1. The molecule has 0 aromatic carbocycles. The highest BCUT2D eigenvalue weighted by Crippen LogP contribution is 2.06. The van der Waals surface area contributed by atoms with Gasteiger partial charge >= 0.3 is 11.9 Å². The number of hydrogen-bond acceptors (Lipinski definition) is 6. The van der Waals surface area contributed by atoms with Crippen LogP contribution < -0.4 is 5.32 Å². The van der Waals surface area contributed by atoms with E-state index in [4.69, 9.17) is 19.5 Å². The molecule has 1 aromatic heterocycles. The van der Waals surface area contributed by atoms with Crippen LogP contribution in [0.3, 0.4) is 0 Å². The fraction of sp³-hybridized carbons (Fsp3) is 0.455. The minimum Gasteiger partial charge on any atom is -0.481 e. The summed E-state index contributed by atoms with van der Waals surface area (Å²) in [6.07, 6.45) is -0.593. The Kier molecular flexibility index (Phi) is 5.66. The summed E-state index contributed by atoms with van der Waals surface area (Å²) in [4.78, 5) is 33.1. The van der Waals surface area contributed by atoms with E-state index < -0.39 is 23.9 Å². The van der Waals surface area contributed by atoms with Gasteiger partial charge in [-0.1, -0.05) is 5.16 Å². The number of carboxylic acids is 2. The average molecular weight is 286 g/mol. The van der Waals surface area contributed by atoms with Crippen molar-refractivity contribution in [1.29, 1.82) is 0 Å². The molecule has 0 aliphatic heterocycles. The number of carbonyl (C=O) groups is 3. The number of aromatic nitrogens is 1. The standard InChI is InChI=1S/C11H14N2O7/c1-19-5-6-4-8(13-20-6)10(16)12-7(11(17)18)2-3-9(14)15/h4,7H,2-3,5H2,1H3,(H,12,16)(H,14,15)(H,17,18). The van der Waals surface area contributed by atoms with E-state index >= 15 is 0 Å². The Balaban J connectivity index is 2.64. The molecule has 0 aliphatic carbocycles. The molecule has 0 spiro atoms. The van der Waals surface area contributed by atoms with E-state index in [-0.39, 0.29) is 25.1 Å². The first-order valence-electron chi connectivity index (χ1n) is 5.64. The number of nitrogens with one attached hydrogen (secondary N) is 1. The summed E-state index contributed by atoms with van der Waals surface area (Å²) in [6.45, 7) is 0.127. The molecular weight excluding hydrogens is 272 g/mol. The van der Waals surface area contributed by atoms with Crippen LogP contribution in [-0.2, 0) is 20.9 Å². The topological polar surface area (TPSA) is 139 Å². The van der Waals surface area contributed by atoms with Gasteiger partial charge in [-0.05, 0) is 6.42 Å². The molecule has 1 aromatic rings. The van der Waals surface area contributed by atoms with Gasteiger partial charge < -0.3 is 24.8 Å². The Bertz CT molecular complexity index is 497. The predicted molar refractivity (Wildman–Crippen MR) is 63.0 cm³/mol. The number of amides is 1. The van der Waals surface area contributed by atoms with Crippen LogP contribution >= 0.6 is 0 Å². The summed E-state index contributed by atoms with van der Waals surface area (Å²) in [5.74, 6) is -2.90. The van der Waals surface area contributed by atoms with E-state index in [1.807, 2.05) is 0 Å². The highest BCUT2D eigenvalue weighted by Gasteiger charge is 2.23. The van der Waals surface area contributed by atoms with Crippen LogP contribution in [0.1, 0.15) is 29.1 Å². The summed E-state index contributed by atoms with van der Waals surface area (Å²) in [5.41, 5.74) is -0.0985. The van der Waals surface area contributed by atoms with Gasteiger partial charge in [0.25, 0.3) is 5.91 Å². The lowest BCUT2D eigenvalue weighted by atomic mass is 10.1. The third-order valence-corrected chi connectivity index (χ3v) is 2.33.